The van der Waals surface area contributed by atoms with E-state index in [9.17, 15) is 14.9 Å². The number of carbonyl (C=O) groups excluding carboxylic acids is 2. The third kappa shape index (κ3) is 4.11. The quantitative estimate of drug-likeness (QED) is 0.754. The highest BCUT2D eigenvalue weighted by atomic mass is 16.5. The van der Waals surface area contributed by atoms with Gasteiger partial charge in [0.1, 0.15) is 11.8 Å². The summed E-state index contributed by atoms with van der Waals surface area (Å²) in [5.41, 5.74) is 4.39. The Balaban J connectivity index is 1.39. The van der Waals surface area contributed by atoms with E-state index in [4.69, 9.17) is 4.74 Å². The summed E-state index contributed by atoms with van der Waals surface area (Å²) in [6.07, 6.45) is 4.62. The van der Waals surface area contributed by atoms with Gasteiger partial charge in [-0.1, -0.05) is 6.07 Å². The van der Waals surface area contributed by atoms with Gasteiger partial charge in [0.05, 0.1) is 19.3 Å². The summed E-state index contributed by atoms with van der Waals surface area (Å²) in [6, 6.07) is 7.54. The molecule has 2 heterocycles. The zero-order valence-corrected chi connectivity index (χ0v) is 18.6. The number of ether oxygens (including phenoxy) is 1. The van der Waals surface area contributed by atoms with E-state index in [1.807, 2.05) is 43.0 Å². The molecule has 0 bridgehead atoms. The van der Waals surface area contributed by atoms with Gasteiger partial charge in [-0.25, -0.2) is 9.78 Å². The number of nitrogens with one attached hydrogen (secondary N) is 2. The maximum Gasteiger partial charge on any atom is 0.322 e. The number of fused-ring (bicyclic) bond motifs is 1. The molecule has 2 N–H and O–H groups in total. The summed E-state index contributed by atoms with van der Waals surface area (Å²) in [5.74, 6) is 0.658. The molecule has 0 radical (unpaired) electrons. The maximum atomic E-state index is 12.8. The van der Waals surface area contributed by atoms with E-state index in [0.29, 0.717) is 12.2 Å². The van der Waals surface area contributed by atoms with Crippen LogP contribution in [0, 0.1) is 31.1 Å². The first-order valence-corrected chi connectivity index (χ1v) is 10.8. The van der Waals surface area contributed by atoms with Gasteiger partial charge >= 0.3 is 6.03 Å². The Hall–Kier alpha value is -3.60. The van der Waals surface area contributed by atoms with E-state index in [2.05, 4.69) is 15.6 Å². The van der Waals surface area contributed by atoms with Gasteiger partial charge in [0, 0.05) is 35.5 Å². The Morgan fingerprint density at radius 3 is 2.69 bits per heavy atom. The van der Waals surface area contributed by atoms with Gasteiger partial charge in [0.15, 0.2) is 5.69 Å². The smallest absolute Gasteiger partial charge is 0.322 e. The van der Waals surface area contributed by atoms with Crippen LogP contribution in [0.25, 0.3) is 0 Å². The maximum absolute atomic E-state index is 12.8. The first-order chi connectivity index (χ1) is 15.4. The van der Waals surface area contributed by atoms with Crippen molar-refractivity contribution >= 4 is 23.3 Å². The van der Waals surface area contributed by atoms with Crippen LogP contribution >= 0.6 is 0 Å². The minimum absolute atomic E-state index is 0.00313. The first kappa shape index (κ1) is 21.6. The SMILES string of the molecule is COc1cc(NC(=O)C2CCC(N3Cc4c(C)cnc(C#N)c4NC3=O)CC2)ccc1C. The monoisotopic (exact) mass is 433 g/mol. The number of nitriles is 1. The number of aromatic nitrogens is 1. The van der Waals surface area contributed by atoms with Crippen molar-refractivity contribution < 1.29 is 14.3 Å². The van der Waals surface area contributed by atoms with Gasteiger partial charge in [-0.15, -0.1) is 0 Å². The van der Waals surface area contributed by atoms with Crippen molar-refractivity contribution in [1.82, 2.24) is 9.88 Å². The lowest BCUT2D eigenvalue weighted by atomic mass is 9.84. The number of urea groups is 1. The molecule has 1 aromatic carbocycles. The summed E-state index contributed by atoms with van der Waals surface area (Å²) in [6.45, 7) is 4.35. The highest BCUT2D eigenvalue weighted by Gasteiger charge is 2.35. The van der Waals surface area contributed by atoms with Crippen LogP contribution in [0.3, 0.4) is 0 Å². The molecule has 0 saturated heterocycles. The molecule has 166 valence electrons. The average molecular weight is 434 g/mol. The molecular formula is C24H27N5O3. The largest absolute Gasteiger partial charge is 0.496 e. The molecule has 1 aromatic heterocycles. The summed E-state index contributed by atoms with van der Waals surface area (Å²) in [4.78, 5) is 31.5. The minimum Gasteiger partial charge on any atom is -0.496 e. The Morgan fingerprint density at radius 2 is 2.00 bits per heavy atom. The Bertz CT molecular complexity index is 1100. The third-order valence-corrected chi connectivity index (χ3v) is 6.51. The van der Waals surface area contributed by atoms with E-state index >= 15 is 0 Å². The molecule has 4 rings (SSSR count). The number of benzene rings is 1. The van der Waals surface area contributed by atoms with Crippen LogP contribution in [0.4, 0.5) is 16.2 Å². The van der Waals surface area contributed by atoms with Crippen molar-refractivity contribution in [3.63, 3.8) is 0 Å². The van der Waals surface area contributed by atoms with E-state index in [1.54, 1.807) is 13.3 Å². The summed E-state index contributed by atoms with van der Waals surface area (Å²) >= 11 is 0. The molecule has 1 aliphatic carbocycles. The fourth-order valence-corrected chi connectivity index (χ4v) is 4.57. The number of carbonyl (C=O) groups is 2. The van der Waals surface area contributed by atoms with Gasteiger partial charge in [0.2, 0.25) is 5.91 Å². The number of rotatable bonds is 4. The molecule has 1 fully saturated rings. The van der Waals surface area contributed by atoms with Crippen molar-refractivity contribution in [2.45, 2.75) is 52.1 Å². The predicted octanol–water partition coefficient (Wildman–Crippen LogP) is 4.12. The molecule has 8 nitrogen and oxygen atoms in total. The van der Waals surface area contributed by atoms with Gasteiger partial charge in [-0.05, 0) is 56.7 Å². The molecule has 32 heavy (non-hydrogen) atoms. The number of hydrogen-bond donors (Lipinski definition) is 2. The molecule has 1 aliphatic heterocycles. The Kier molecular flexibility index (Phi) is 5.99. The first-order valence-electron chi connectivity index (χ1n) is 10.8. The second kappa shape index (κ2) is 8.87. The van der Waals surface area contributed by atoms with Crippen molar-refractivity contribution in [2.24, 2.45) is 5.92 Å². The van der Waals surface area contributed by atoms with Crippen LogP contribution in [0.15, 0.2) is 24.4 Å². The highest BCUT2D eigenvalue weighted by Crippen LogP contribution is 2.35. The van der Waals surface area contributed by atoms with E-state index in [0.717, 1.165) is 53.8 Å². The molecule has 0 atom stereocenters. The number of amides is 3. The van der Waals surface area contributed by atoms with Crippen molar-refractivity contribution in [3.8, 4) is 11.8 Å². The van der Waals surface area contributed by atoms with Crippen LogP contribution in [0.5, 0.6) is 5.75 Å². The van der Waals surface area contributed by atoms with Crippen LogP contribution in [-0.2, 0) is 11.3 Å². The fraction of sp³-hybridized carbons (Fsp3) is 0.417. The molecule has 8 heteroatoms. The lowest BCUT2D eigenvalue weighted by molar-refractivity contribution is -0.121. The van der Waals surface area contributed by atoms with Gasteiger partial charge in [-0.2, -0.15) is 5.26 Å². The van der Waals surface area contributed by atoms with Gasteiger partial charge < -0.3 is 20.3 Å². The lowest BCUT2D eigenvalue weighted by Gasteiger charge is -2.39. The Morgan fingerprint density at radius 1 is 1.25 bits per heavy atom. The van der Waals surface area contributed by atoms with Crippen LogP contribution in [-0.4, -0.2) is 35.0 Å². The molecule has 3 amide bonds. The lowest BCUT2D eigenvalue weighted by Crippen LogP contribution is -2.47. The molecule has 2 aromatic rings. The number of aryl methyl sites for hydroxylation is 2. The topological polar surface area (TPSA) is 107 Å². The minimum atomic E-state index is -0.207. The molecule has 0 spiro atoms. The molecule has 2 aliphatic rings. The number of methoxy groups -OCH3 is 1. The second-order valence-corrected chi connectivity index (χ2v) is 8.49. The number of anilines is 2. The van der Waals surface area contributed by atoms with E-state index in [1.165, 1.54) is 0 Å². The zero-order chi connectivity index (χ0) is 22.8. The summed E-state index contributed by atoms with van der Waals surface area (Å²) in [7, 11) is 1.61. The standard InChI is InChI=1S/C24H27N5O3/c1-14-4-7-17(10-21(14)32-3)27-23(30)16-5-8-18(9-6-16)29-13-19-15(2)12-26-20(11-25)22(19)28-24(29)31/h4,7,10,12,16,18H,5-6,8-9,13H2,1-3H3,(H,27,30)(H,28,31). The normalized spacial score (nSPS) is 20.1. The molecule has 0 unspecified atom stereocenters. The fourth-order valence-electron chi connectivity index (χ4n) is 4.57. The number of pyridine rings is 1. The van der Waals surface area contributed by atoms with Crippen LogP contribution < -0.4 is 15.4 Å². The van der Waals surface area contributed by atoms with Crippen LogP contribution in [0.2, 0.25) is 0 Å². The number of hydrogen-bond acceptors (Lipinski definition) is 5. The van der Waals surface area contributed by atoms with E-state index < -0.39 is 0 Å². The number of nitrogens with zero attached hydrogens (tertiary/aromatic N) is 3. The third-order valence-electron chi connectivity index (χ3n) is 6.51. The van der Waals surface area contributed by atoms with Crippen molar-refractivity contribution in [1.29, 1.82) is 5.26 Å². The van der Waals surface area contributed by atoms with Gasteiger partial charge in [-0.3, -0.25) is 4.79 Å². The second-order valence-electron chi connectivity index (χ2n) is 8.49. The van der Waals surface area contributed by atoms with E-state index in [-0.39, 0.29) is 29.6 Å². The summed E-state index contributed by atoms with van der Waals surface area (Å²) in [5, 5.41) is 15.2. The highest BCUT2D eigenvalue weighted by molar-refractivity contribution is 5.94. The predicted molar refractivity (Wildman–Crippen MR) is 120 cm³/mol. The summed E-state index contributed by atoms with van der Waals surface area (Å²) < 4.78 is 5.34. The molecule has 1 saturated carbocycles. The Labute approximate surface area is 187 Å². The van der Waals surface area contributed by atoms with Crippen LogP contribution in [0.1, 0.15) is 48.1 Å². The van der Waals surface area contributed by atoms with Crippen molar-refractivity contribution in [2.75, 3.05) is 17.7 Å². The molecular weight excluding hydrogens is 406 g/mol. The van der Waals surface area contributed by atoms with Gasteiger partial charge in [0.25, 0.3) is 0 Å². The average Bonchev–Trinajstić information content (AvgIpc) is 2.80. The zero-order valence-electron chi connectivity index (χ0n) is 18.6. The van der Waals surface area contributed by atoms with Crippen molar-refractivity contribution in [3.05, 3.63) is 46.8 Å².